The van der Waals surface area contributed by atoms with Crippen LogP contribution in [0.2, 0.25) is 0 Å². The minimum absolute atomic E-state index is 0.342. The lowest BCUT2D eigenvalue weighted by Gasteiger charge is -2.25. The first-order valence-electron chi connectivity index (χ1n) is 9.55. The van der Waals surface area contributed by atoms with Crippen LogP contribution in [0.3, 0.4) is 0 Å². The molecule has 0 saturated heterocycles. The molecule has 1 aromatic heterocycles. The number of hydrogen-bond donors (Lipinski definition) is 2. The lowest BCUT2D eigenvalue weighted by molar-refractivity contribution is 0.0936. The maximum Gasteiger partial charge on any atom is 0.251 e. The molecule has 158 valence electrons. The van der Waals surface area contributed by atoms with Crippen molar-refractivity contribution in [1.29, 1.82) is 0 Å². The molecule has 30 heavy (non-hydrogen) atoms. The van der Waals surface area contributed by atoms with E-state index in [2.05, 4.69) is 15.7 Å². The van der Waals surface area contributed by atoms with Crippen molar-refractivity contribution in [2.24, 2.45) is 7.05 Å². The van der Waals surface area contributed by atoms with Gasteiger partial charge >= 0.3 is 0 Å². The van der Waals surface area contributed by atoms with E-state index in [9.17, 15) is 13.2 Å². The van der Waals surface area contributed by atoms with Gasteiger partial charge in [-0.3, -0.25) is 9.48 Å². The van der Waals surface area contributed by atoms with Gasteiger partial charge in [0.1, 0.15) is 0 Å². The second-order valence-corrected chi connectivity index (χ2v) is 9.91. The molecule has 0 spiro atoms. The molecule has 1 heterocycles. The third-order valence-electron chi connectivity index (χ3n) is 4.99. The SMILES string of the molecule is Cc1ccc([C@H](NC(=O)c2cccc(Nc3cnn(C)c3)c2)[C@@H](C)S(C)(=O)=O)cc1. The summed E-state index contributed by atoms with van der Waals surface area (Å²) >= 11 is 0. The number of carbonyl (C=O) groups is 1. The van der Waals surface area contributed by atoms with Gasteiger partial charge in [-0.15, -0.1) is 0 Å². The van der Waals surface area contributed by atoms with Gasteiger partial charge in [0.05, 0.1) is 23.2 Å². The summed E-state index contributed by atoms with van der Waals surface area (Å²) in [5, 5.41) is 9.44. The molecule has 3 aromatic rings. The minimum Gasteiger partial charge on any atom is -0.353 e. The summed E-state index contributed by atoms with van der Waals surface area (Å²) in [7, 11) is -1.55. The first-order chi connectivity index (χ1) is 14.1. The van der Waals surface area contributed by atoms with E-state index >= 15 is 0 Å². The van der Waals surface area contributed by atoms with Gasteiger partial charge in [-0.25, -0.2) is 8.42 Å². The summed E-state index contributed by atoms with van der Waals surface area (Å²) in [6.45, 7) is 3.57. The van der Waals surface area contributed by atoms with E-state index < -0.39 is 21.1 Å². The van der Waals surface area contributed by atoms with Crippen molar-refractivity contribution in [3.05, 3.63) is 77.6 Å². The summed E-state index contributed by atoms with van der Waals surface area (Å²) in [4.78, 5) is 13.0. The Morgan fingerprint density at radius 1 is 1.10 bits per heavy atom. The predicted octanol–water partition coefficient (Wildman–Crippen LogP) is 3.38. The average molecular weight is 427 g/mol. The summed E-state index contributed by atoms with van der Waals surface area (Å²) < 4.78 is 26.1. The zero-order valence-electron chi connectivity index (χ0n) is 17.5. The molecule has 0 radical (unpaired) electrons. The third-order valence-corrected chi connectivity index (χ3v) is 6.61. The van der Waals surface area contributed by atoms with Crippen LogP contribution in [0.1, 0.15) is 34.5 Å². The number of anilines is 2. The second kappa shape index (κ2) is 8.71. The number of aromatic nitrogens is 2. The zero-order valence-corrected chi connectivity index (χ0v) is 18.3. The molecular weight excluding hydrogens is 400 g/mol. The van der Waals surface area contributed by atoms with E-state index in [-0.39, 0.29) is 5.91 Å². The van der Waals surface area contributed by atoms with Gasteiger partial charge in [0, 0.05) is 30.8 Å². The fourth-order valence-electron chi connectivity index (χ4n) is 3.11. The number of sulfone groups is 1. The van der Waals surface area contributed by atoms with E-state index in [1.807, 2.05) is 50.5 Å². The molecule has 2 N–H and O–H groups in total. The van der Waals surface area contributed by atoms with Gasteiger partial charge in [0.2, 0.25) is 0 Å². The Morgan fingerprint density at radius 2 is 1.80 bits per heavy atom. The van der Waals surface area contributed by atoms with Gasteiger partial charge < -0.3 is 10.6 Å². The highest BCUT2D eigenvalue weighted by atomic mass is 32.2. The normalized spacial score (nSPS) is 13.5. The number of hydrogen-bond acceptors (Lipinski definition) is 5. The molecule has 0 bridgehead atoms. The molecule has 2 atom stereocenters. The van der Waals surface area contributed by atoms with E-state index in [0.29, 0.717) is 5.56 Å². The average Bonchev–Trinajstić information content (AvgIpc) is 3.10. The van der Waals surface area contributed by atoms with Crippen LogP contribution in [0.15, 0.2) is 60.9 Å². The highest BCUT2D eigenvalue weighted by molar-refractivity contribution is 7.91. The molecule has 3 rings (SSSR count). The van der Waals surface area contributed by atoms with Gasteiger partial charge in [-0.05, 0) is 37.6 Å². The fraction of sp³-hybridized carbons (Fsp3) is 0.273. The number of nitrogens with one attached hydrogen (secondary N) is 2. The van der Waals surface area contributed by atoms with Gasteiger partial charge in [0.15, 0.2) is 9.84 Å². The molecule has 0 fully saturated rings. The number of carbonyl (C=O) groups excluding carboxylic acids is 1. The van der Waals surface area contributed by atoms with Crippen LogP contribution in [-0.4, -0.2) is 35.6 Å². The highest BCUT2D eigenvalue weighted by Gasteiger charge is 2.29. The number of amides is 1. The maximum atomic E-state index is 13.0. The van der Waals surface area contributed by atoms with Crippen LogP contribution < -0.4 is 10.6 Å². The van der Waals surface area contributed by atoms with Crippen LogP contribution in [0.4, 0.5) is 11.4 Å². The molecule has 8 heteroatoms. The van der Waals surface area contributed by atoms with Gasteiger partial charge in [-0.2, -0.15) is 5.10 Å². The molecule has 1 amide bonds. The molecule has 0 aliphatic rings. The summed E-state index contributed by atoms with van der Waals surface area (Å²) in [6.07, 6.45) is 4.70. The summed E-state index contributed by atoms with van der Waals surface area (Å²) in [5.41, 5.74) is 3.78. The first-order valence-corrected chi connectivity index (χ1v) is 11.5. The second-order valence-electron chi connectivity index (χ2n) is 7.50. The Morgan fingerprint density at radius 3 is 2.40 bits per heavy atom. The standard InChI is InChI=1S/C22H26N4O3S/c1-15-8-10-17(11-9-15)21(16(2)30(4,28)29)25-22(27)18-6-5-7-19(12-18)24-20-13-23-26(3)14-20/h5-14,16,21,24H,1-4H3,(H,25,27)/t16-,21-/m1/s1. The molecule has 0 aliphatic heterocycles. The van der Waals surface area contributed by atoms with E-state index in [4.69, 9.17) is 0 Å². The molecule has 0 unspecified atom stereocenters. The Hall–Kier alpha value is -3.13. The smallest absolute Gasteiger partial charge is 0.251 e. The lowest BCUT2D eigenvalue weighted by Crippen LogP contribution is -2.38. The monoisotopic (exact) mass is 426 g/mol. The molecule has 0 saturated carbocycles. The van der Waals surface area contributed by atoms with Gasteiger partial charge in [-0.1, -0.05) is 35.9 Å². The predicted molar refractivity (Wildman–Crippen MR) is 119 cm³/mol. The quantitative estimate of drug-likeness (QED) is 0.604. The van der Waals surface area contributed by atoms with Crippen molar-refractivity contribution in [3.8, 4) is 0 Å². The summed E-state index contributed by atoms with van der Waals surface area (Å²) in [6, 6.07) is 13.9. The lowest BCUT2D eigenvalue weighted by atomic mass is 10.0. The Bertz CT molecular complexity index is 1140. The van der Waals surface area contributed by atoms with Crippen LogP contribution in [0.5, 0.6) is 0 Å². The van der Waals surface area contributed by atoms with Crippen LogP contribution in [0.25, 0.3) is 0 Å². The largest absolute Gasteiger partial charge is 0.353 e. The van der Waals surface area contributed by atoms with Crippen molar-refractivity contribution in [3.63, 3.8) is 0 Å². The van der Waals surface area contributed by atoms with Crippen LogP contribution >= 0.6 is 0 Å². The topological polar surface area (TPSA) is 93.1 Å². The Balaban J connectivity index is 1.84. The Labute approximate surface area is 177 Å². The first kappa shape index (κ1) is 21.6. The van der Waals surface area contributed by atoms with Crippen molar-refractivity contribution < 1.29 is 13.2 Å². The fourth-order valence-corrected chi connectivity index (χ4v) is 3.83. The number of nitrogens with zero attached hydrogens (tertiary/aromatic N) is 2. The van der Waals surface area contributed by atoms with E-state index in [0.717, 1.165) is 22.5 Å². The van der Waals surface area contributed by atoms with Crippen molar-refractivity contribution in [2.45, 2.75) is 25.1 Å². The van der Waals surface area contributed by atoms with E-state index in [1.54, 1.807) is 36.0 Å². The third kappa shape index (κ3) is 5.27. The summed E-state index contributed by atoms with van der Waals surface area (Å²) in [5.74, 6) is -0.342. The molecule has 2 aromatic carbocycles. The molecule has 0 aliphatic carbocycles. The molecule has 7 nitrogen and oxygen atoms in total. The van der Waals surface area contributed by atoms with Crippen molar-refractivity contribution in [1.82, 2.24) is 15.1 Å². The van der Waals surface area contributed by atoms with Crippen LogP contribution in [-0.2, 0) is 16.9 Å². The Kier molecular flexibility index (Phi) is 6.26. The van der Waals surface area contributed by atoms with E-state index in [1.165, 1.54) is 6.26 Å². The molecular formula is C22H26N4O3S. The number of aryl methyl sites for hydroxylation is 2. The van der Waals surface area contributed by atoms with Crippen molar-refractivity contribution in [2.75, 3.05) is 11.6 Å². The van der Waals surface area contributed by atoms with Crippen LogP contribution in [0, 0.1) is 6.92 Å². The minimum atomic E-state index is -3.37. The van der Waals surface area contributed by atoms with Gasteiger partial charge in [0.25, 0.3) is 5.91 Å². The van der Waals surface area contributed by atoms with Crippen molar-refractivity contribution >= 4 is 27.1 Å². The number of rotatable bonds is 7. The highest BCUT2D eigenvalue weighted by Crippen LogP contribution is 2.24. The zero-order chi connectivity index (χ0) is 21.9. The number of benzene rings is 2. The maximum absolute atomic E-state index is 13.0.